The molecule has 0 aromatic heterocycles. The van der Waals surface area contributed by atoms with Crippen molar-refractivity contribution in [3.63, 3.8) is 0 Å². The van der Waals surface area contributed by atoms with Gasteiger partial charge in [0.1, 0.15) is 17.6 Å². The maximum Gasteiger partial charge on any atom is 0.261 e. The number of hydrogen-bond donors (Lipinski definition) is 1. The van der Waals surface area contributed by atoms with Crippen LogP contribution in [-0.2, 0) is 16.1 Å². The SMILES string of the molecule is CNC(=O)C(C)N(Cc1ccccc1Cl)C(=O)COc1ccc(F)cc1. The van der Waals surface area contributed by atoms with Crippen molar-refractivity contribution in [3.8, 4) is 5.75 Å². The van der Waals surface area contributed by atoms with Crippen molar-refractivity contribution in [1.29, 1.82) is 0 Å². The van der Waals surface area contributed by atoms with Crippen molar-refractivity contribution in [2.75, 3.05) is 13.7 Å². The number of halogens is 2. The van der Waals surface area contributed by atoms with E-state index in [0.29, 0.717) is 10.8 Å². The van der Waals surface area contributed by atoms with Gasteiger partial charge in [0.15, 0.2) is 6.61 Å². The number of carbonyl (C=O) groups is 2. The molecule has 0 aliphatic heterocycles. The number of nitrogens with one attached hydrogen (secondary N) is 1. The molecule has 2 aromatic rings. The molecule has 0 saturated carbocycles. The Morgan fingerprint density at radius 2 is 1.85 bits per heavy atom. The molecule has 0 fully saturated rings. The molecule has 0 aliphatic rings. The second-order valence-corrected chi connectivity index (χ2v) is 6.05. The fourth-order valence-corrected chi connectivity index (χ4v) is 2.56. The summed E-state index contributed by atoms with van der Waals surface area (Å²) in [5.74, 6) is -0.708. The van der Waals surface area contributed by atoms with E-state index < -0.39 is 11.9 Å². The Morgan fingerprint density at radius 3 is 2.46 bits per heavy atom. The van der Waals surface area contributed by atoms with Crippen molar-refractivity contribution >= 4 is 23.4 Å². The van der Waals surface area contributed by atoms with Gasteiger partial charge in [0.05, 0.1) is 0 Å². The number of ether oxygens (including phenoxy) is 1. The number of amides is 2. The highest BCUT2D eigenvalue weighted by Gasteiger charge is 2.26. The lowest BCUT2D eigenvalue weighted by atomic mass is 10.1. The lowest BCUT2D eigenvalue weighted by molar-refractivity contribution is -0.142. The van der Waals surface area contributed by atoms with Gasteiger partial charge in [0, 0.05) is 18.6 Å². The van der Waals surface area contributed by atoms with Crippen molar-refractivity contribution < 1.29 is 18.7 Å². The molecule has 2 amide bonds. The van der Waals surface area contributed by atoms with E-state index >= 15 is 0 Å². The first-order valence-corrected chi connectivity index (χ1v) is 8.43. The number of hydrogen-bond acceptors (Lipinski definition) is 3. The van der Waals surface area contributed by atoms with E-state index in [1.807, 2.05) is 6.07 Å². The summed E-state index contributed by atoms with van der Waals surface area (Å²) in [5, 5.41) is 3.04. The molecule has 1 unspecified atom stereocenters. The zero-order chi connectivity index (χ0) is 19.1. The Morgan fingerprint density at radius 1 is 1.19 bits per heavy atom. The van der Waals surface area contributed by atoms with Gasteiger partial charge in [0.25, 0.3) is 5.91 Å². The van der Waals surface area contributed by atoms with Gasteiger partial charge in [-0.25, -0.2) is 4.39 Å². The van der Waals surface area contributed by atoms with E-state index in [9.17, 15) is 14.0 Å². The Balaban J connectivity index is 2.13. The molecule has 1 N–H and O–H groups in total. The van der Waals surface area contributed by atoms with Gasteiger partial charge in [0.2, 0.25) is 5.91 Å². The summed E-state index contributed by atoms with van der Waals surface area (Å²) in [6.07, 6.45) is 0. The lowest BCUT2D eigenvalue weighted by Gasteiger charge is -2.28. The summed E-state index contributed by atoms with van der Waals surface area (Å²) in [6, 6.07) is 11.8. The van der Waals surface area contributed by atoms with Crippen molar-refractivity contribution in [2.24, 2.45) is 0 Å². The minimum Gasteiger partial charge on any atom is -0.484 e. The summed E-state index contributed by atoms with van der Waals surface area (Å²) in [5.41, 5.74) is 0.722. The van der Waals surface area contributed by atoms with Crippen LogP contribution in [0.3, 0.4) is 0 Å². The predicted octanol–water partition coefficient (Wildman–Crippen LogP) is 3.02. The molecule has 0 aliphatic carbocycles. The standard InChI is InChI=1S/C19H20ClFN2O3/c1-13(19(25)22-2)23(11-14-5-3-4-6-17(14)20)18(24)12-26-16-9-7-15(21)8-10-16/h3-10,13H,11-12H2,1-2H3,(H,22,25). The van der Waals surface area contributed by atoms with Gasteiger partial charge >= 0.3 is 0 Å². The molecule has 7 heteroatoms. The van der Waals surface area contributed by atoms with Crippen LogP contribution in [0.5, 0.6) is 5.75 Å². The van der Waals surface area contributed by atoms with Crippen molar-refractivity contribution in [3.05, 3.63) is 64.9 Å². The largest absolute Gasteiger partial charge is 0.484 e. The predicted molar refractivity (Wildman–Crippen MR) is 97.4 cm³/mol. The smallest absolute Gasteiger partial charge is 0.261 e. The fourth-order valence-electron chi connectivity index (χ4n) is 2.36. The second kappa shape index (κ2) is 9.20. The summed E-state index contributed by atoms with van der Waals surface area (Å²) >= 11 is 6.17. The molecule has 2 aromatic carbocycles. The van der Waals surface area contributed by atoms with Gasteiger partial charge in [-0.2, -0.15) is 0 Å². The Hall–Kier alpha value is -2.60. The first-order valence-electron chi connectivity index (χ1n) is 8.05. The molecule has 0 saturated heterocycles. The number of likely N-dealkylation sites (N-methyl/N-ethyl adjacent to an activating group) is 1. The van der Waals surface area contributed by atoms with Crippen molar-refractivity contribution in [1.82, 2.24) is 10.2 Å². The van der Waals surface area contributed by atoms with Crippen LogP contribution in [0.1, 0.15) is 12.5 Å². The van der Waals surface area contributed by atoms with Crippen LogP contribution in [0, 0.1) is 5.82 Å². The highest BCUT2D eigenvalue weighted by Crippen LogP contribution is 2.19. The summed E-state index contributed by atoms with van der Waals surface area (Å²) in [4.78, 5) is 26.1. The van der Waals surface area contributed by atoms with Crippen LogP contribution < -0.4 is 10.1 Å². The van der Waals surface area contributed by atoms with Gasteiger partial charge in [-0.3, -0.25) is 9.59 Å². The quantitative estimate of drug-likeness (QED) is 0.805. The van der Waals surface area contributed by atoms with Crippen molar-refractivity contribution in [2.45, 2.75) is 19.5 Å². The first kappa shape index (κ1) is 19.7. The normalized spacial score (nSPS) is 11.5. The Kier molecular flexibility index (Phi) is 6.97. The molecule has 138 valence electrons. The highest BCUT2D eigenvalue weighted by atomic mass is 35.5. The molecule has 0 bridgehead atoms. The summed E-state index contributed by atoms with van der Waals surface area (Å²) in [7, 11) is 1.51. The third-order valence-corrected chi connectivity index (χ3v) is 4.26. The van der Waals surface area contributed by atoms with E-state index in [1.54, 1.807) is 25.1 Å². The fraction of sp³-hybridized carbons (Fsp3) is 0.263. The number of benzene rings is 2. The molecule has 0 spiro atoms. The zero-order valence-corrected chi connectivity index (χ0v) is 15.3. The third-order valence-electron chi connectivity index (χ3n) is 3.89. The van der Waals surface area contributed by atoms with Crippen LogP contribution in [0.4, 0.5) is 4.39 Å². The Labute approximate surface area is 156 Å². The third kappa shape index (κ3) is 5.20. The van der Waals surface area contributed by atoms with Gasteiger partial charge in [-0.1, -0.05) is 29.8 Å². The topological polar surface area (TPSA) is 58.6 Å². The van der Waals surface area contributed by atoms with E-state index in [4.69, 9.17) is 16.3 Å². The monoisotopic (exact) mass is 378 g/mol. The molecule has 1 atom stereocenters. The van der Waals surface area contributed by atoms with Crippen LogP contribution in [0.15, 0.2) is 48.5 Å². The average molecular weight is 379 g/mol. The molecular formula is C19H20ClFN2O3. The first-order chi connectivity index (χ1) is 12.4. The van der Waals surface area contributed by atoms with E-state index in [2.05, 4.69) is 5.32 Å². The van der Waals surface area contributed by atoms with Gasteiger partial charge < -0.3 is 15.0 Å². The second-order valence-electron chi connectivity index (χ2n) is 5.65. The Bertz CT molecular complexity index is 768. The molecule has 0 heterocycles. The minimum absolute atomic E-state index is 0.167. The molecule has 5 nitrogen and oxygen atoms in total. The summed E-state index contributed by atoms with van der Waals surface area (Å²) < 4.78 is 18.4. The van der Waals surface area contributed by atoms with Gasteiger partial charge in [-0.05, 0) is 42.8 Å². The zero-order valence-electron chi connectivity index (χ0n) is 14.5. The van der Waals surface area contributed by atoms with E-state index in [1.165, 1.54) is 36.2 Å². The highest BCUT2D eigenvalue weighted by molar-refractivity contribution is 6.31. The van der Waals surface area contributed by atoms with Crippen LogP contribution >= 0.6 is 11.6 Å². The minimum atomic E-state index is -0.708. The number of carbonyl (C=O) groups excluding carboxylic acids is 2. The molecule has 0 radical (unpaired) electrons. The van der Waals surface area contributed by atoms with Crippen LogP contribution in [0.2, 0.25) is 5.02 Å². The molecule has 2 rings (SSSR count). The van der Waals surface area contributed by atoms with E-state index in [0.717, 1.165) is 5.56 Å². The van der Waals surface area contributed by atoms with Crippen LogP contribution in [0.25, 0.3) is 0 Å². The summed E-state index contributed by atoms with van der Waals surface area (Å²) in [6.45, 7) is 1.52. The number of nitrogens with zero attached hydrogens (tertiary/aromatic N) is 1. The van der Waals surface area contributed by atoms with Crippen LogP contribution in [-0.4, -0.2) is 36.4 Å². The molecule has 26 heavy (non-hydrogen) atoms. The van der Waals surface area contributed by atoms with E-state index in [-0.39, 0.29) is 25.0 Å². The molecular weight excluding hydrogens is 359 g/mol. The average Bonchev–Trinajstić information content (AvgIpc) is 2.65. The maximum atomic E-state index is 12.9. The maximum absolute atomic E-state index is 12.9. The number of rotatable bonds is 7. The lowest BCUT2D eigenvalue weighted by Crippen LogP contribution is -2.48. The van der Waals surface area contributed by atoms with Gasteiger partial charge in [-0.15, -0.1) is 0 Å².